The van der Waals surface area contributed by atoms with Crippen LogP contribution in [0.15, 0.2) is 59.7 Å². The minimum atomic E-state index is -1.02. The van der Waals surface area contributed by atoms with Crippen molar-refractivity contribution in [3.05, 3.63) is 87.7 Å². The van der Waals surface area contributed by atoms with E-state index in [1.165, 1.54) is 12.1 Å². The lowest BCUT2D eigenvalue weighted by atomic mass is 10.0. The molecule has 2 atom stereocenters. The third-order valence-electron chi connectivity index (χ3n) is 12.6. The third-order valence-corrected chi connectivity index (χ3v) is 12.6. The topological polar surface area (TPSA) is 147 Å². The fourth-order valence-electron chi connectivity index (χ4n) is 9.20. The highest BCUT2D eigenvalue weighted by Crippen LogP contribution is 2.37. The van der Waals surface area contributed by atoms with Gasteiger partial charge in [-0.15, -0.1) is 0 Å². The number of piperazine rings is 1. The Hall–Kier alpha value is -5.92. The maximum Gasteiger partial charge on any atom is 0.261 e. The first-order valence-corrected chi connectivity index (χ1v) is 20.4. The van der Waals surface area contributed by atoms with Crippen molar-refractivity contribution >= 4 is 40.0 Å². The number of likely N-dealkylation sites (tertiary alicyclic amines) is 1. The largest absolute Gasteiger partial charge is 0.453 e. The second-order valence-corrected chi connectivity index (χ2v) is 16.1. The Labute approximate surface area is 339 Å². The average molecular weight is 806 g/mol. The molecule has 1 unspecified atom stereocenters. The van der Waals surface area contributed by atoms with Crippen molar-refractivity contribution in [1.29, 1.82) is 5.26 Å². The first kappa shape index (κ1) is 38.6. The van der Waals surface area contributed by atoms with Crippen LogP contribution in [-0.2, 0) is 16.1 Å². The van der Waals surface area contributed by atoms with Crippen LogP contribution in [0.1, 0.15) is 59.6 Å². The van der Waals surface area contributed by atoms with Crippen LogP contribution in [0.25, 0.3) is 10.9 Å². The van der Waals surface area contributed by atoms with Crippen LogP contribution in [0.4, 0.5) is 20.2 Å². The van der Waals surface area contributed by atoms with Crippen LogP contribution in [-0.4, -0.2) is 120 Å². The van der Waals surface area contributed by atoms with Gasteiger partial charge in [-0.25, -0.2) is 13.8 Å². The molecule has 14 nitrogen and oxygen atoms in total. The van der Waals surface area contributed by atoms with Crippen molar-refractivity contribution in [2.45, 2.75) is 56.9 Å². The van der Waals surface area contributed by atoms with Crippen molar-refractivity contribution in [3.63, 3.8) is 0 Å². The summed E-state index contributed by atoms with van der Waals surface area (Å²) in [6, 6.07) is 14.8. The molecule has 59 heavy (non-hydrogen) atoms. The maximum absolute atomic E-state index is 15.1. The molecule has 0 radical (unpaired) electrons. The molecule has 3 aromatic carbocycles. The number of ether oxygens (including phenoxy) is 1. The molecular formula is C43H45F2N9O5. The Bertz CT molecular complexity index is 2420. The second kappa shape index (κ2) is 16.0. The van der Waals surface area contributed by atoms with Gasteiger partial charge in [-0.05, 0) is 79.8 Å². The molecule has 9 rings (SSSR count). The van der Waals surface area contributed by atoms with E-state index in [2.05, 4.69) is 31.1 Å². The molecule has 1 N–H and O–H groups in total. The number of carbonyl (C=O) groups is 3. The van der Waals surface area contributed by atoms with Gasteiger partial charge in [0.2, 0.25) is 11.8 Å². The highest BCUT2D eigenvalue weighted by Gasteiger charge is 2.39. The van der Waals surface area contributed by atoms with E-state index in [1.54, 1.807) is 38.9 Å². The van der Waals surface area contributed by atoms with Crippen molar-refractivity contribution < 1.29 is 27.9 Å². The zero-order chi connectivity index (χ0) is 40.8. The fourth-order valence-corrected chi connectivity index (χ4v) is 9.20. The Kier molecular flexibility index (Phi) is 10.5. The maximum atomic E-state index is 15.1. The first-order valence-electron chi connectivity index (χ1n) is 20.4. The summed E-state index contributed by atoms with van der Waals surface area (Å²) in [4.78, 5) is 66.1. The summed E-state index contributed by atoms with van der Waals surface area (Å²) in [6.07, 6.45) is 3.07. The van der Waals surface area contributed by atoms with E-state index in [-0.39, 0.29) is 53.4 Å². The smallest absolute Gasteiger partial charge is 0.261 e. The highest BCUT2D eigenvalue weighted by atomic mass is 19.1. The number of nitrogens with zero attached hydrogens (tertiary/aromatic N) is 8. The van der Waals surface area contributed by atoms with E-state index < -0.39 is 23.9 Å². The first-order chi connectivity index (χ1) is 28.6. The molecule has 4 aromatic rings. The Morgan fingerprint density at radius 3 is 2.37 bits per heavy atom. The summed E-state index contributed by atoms with van der Waals surface area (Å²) in [5.74, 6) is -1.65. The van der Waals surface area contributed by atoms with Gasteiger partial charge < -0.3 is 24.3 Å². The highest BCUT2D eigenvalue weighted by molar-refractivity contribution is 6.05. The summed E-state index contributed by atoms with van der Waals surface area (Å²) in [5.41, 5.74) is 3.26. The third kappa shape index (κ3) is 7.60. The number of hydrogen-bond acceptors (Lipinski definition) is 11. The van der Waals surface area contributed by atoms with Gasteiger partial charge in [0.1, 0.15) is 29.6 Å². The van der Waals surface area contributed by atoms with Crippen molar-refractivity contribution in [1.82, 2.24) is 29.6 Å². The quantitative estimate of drug-likeness (QED) is 0.245. The standard InChI is InChI=1S/C43H45F2N9O5/c44-28-9-14-52(25-28)37-6-4-35(45)40(34(37)23-46)59-31-2-5-36-33(22-31)43(58)54(26-47-36)29-10-12-49(13-11-29)15-16-50-17-19-51(20-18-50)30-1-3-32-27(21-30)24-53(42(32)57)38-7-8-39(55)48-41(38)56/h1-6,21-22,26,28-29,38H,7-20,24-25H2,(H,48,55,56)/t28-,38?/m1/s1. The van der Waals surface area contributed by atoms with E-state index in [0.29, 0.717) is 48.1 Å². The predicted molar refractivity (Wildman–Crippen MR) is 215 cm³/mol. The lowest BCUT2D eigenvalue weighted by molar-refractivity contribution is -0.136. The van der Waals surface area contributed by atoms with E-state index >= 15 is 4.39 Å². The molecule has 0 aliphatic carbocycles. The number of alkyl halides is 1. The van der Waals surface area contributed by atoms with Gasteiger partial charge in [0.15, 0.2) is 11.6 Å². The minimum absolute atomic E-state index is 0.0192. The van der Waals surface area contributed by atoms with Gasteiger partial charge >= 0.3 is 0 Å². The number of piperidine rings is 2. The number of imide groups is 1. The molecule has 16 heteroatoms. The predicted octanol–water partition coefficient (Wildman–Crippen LogP) is 3.97. The molecule has 3 amide bonds. The molecule has 1 aromatic heterocycles. The van der Waals surface area contributed by atoms with Gasteiger partial charge in [0, 0.05) is 95.7 Å². The number of hydrogen-bond donors (Lipinski definition) is 1. The molecule has 4 fully saturated rings. The number of aromatic nitrogens is 2. The van der Waals surface area contributed by atoms with Crippen LogP contribution in [0.2, 0.25) is 0 Å². The second-order valence-electron chi connectivity index (χ2n) is 16.1. The van der Waals surface area contributed by atoms with E-state index in [4.69, 9.17) is 4.74 Å². The number of carbonyl (C=O) groups excluding carboxylic acids is 3. The van der Waals surface area contributed by atoms with Crippen LogP contribution in [0.3, 0.4) is 0 Å². The van der Waals surface area contributed by atoms with Crippen molar-refractivity contribution in [3.8, 4) is 17.6 Å². The van der Waals surface area contributed by atoms with Gasteiger partial charge in [-0.1, -0.05) is 0 Å². The number of amides is 3. The number of nitrogens with one attached hydrogen (secondary N) is 1. The van der Waals surface area contributed by atoms with Gasteiger partial charge in [0.05, 0.1) is 22.9 Å². The molecule has 0 saturated carbocycles. The van der Waals surface area contributed by atoms with Crippen LogP contribution in [0.5, 0.6) is 11.5 Å². The lowest BCUT2D eigenvalue weighted by Crippen LogP contribution is -2.52. The zero-order valence-electron chi connectivity index (χ0n) is 32.6. The molecule has 0 spiro atoms. The Balaban J connectivity index is 0.775. The Morgan fingerprint density at radius 1 is 0.864 bits per heavy atom. The SMILES string of the molecule is N#Cc1c(N2CC[C@@H](F)C2)ccc(F)c1Oc1ccc2ncn(C3CCN(CCN4CCN(c5ccc6c(c5)CN(C5CCC(=O)NC5=O)C6=O)CC4)CC3)c(=O)c2c1. The van der Waals surface area contributed by atoms with Gasteiger partial charge in [0.25, 0.3) is 11.5 Å². The number of rotatable bonds is 9. The molecular weight excluding hydrogens is 761 g/mol. The van der Waals surface area contributed by atoms with Gasteiger partial charge in [-0.2, -0.15) is 5.26 Å². The average Bonchev–Trinajstić information content (AvgIpc) is 3.83. The molecule has 5 aliphatic heterocycles. The summed E-state index contributed by atoms with van der Waals surface area (Å²) < 4.78 is 36.7. The number of anilines is 2. The fraction of sp³-hybridized carbons (Fsp3) is 0.442. The van der Waals surface area contributed by atoms with Crippen LogP contribution < -0.4 is 25.4 Å². The number of nitriles is 1. The summed E-state index contributed by atoms with van der Waals surface area (Å²) in [5, 5.41) is 12.7. The molecule has 5 aliphatic rings. The molecule has 4 saturated heterocycles. The zero-order valence-corrected chi connectivity index (χ0v) is 32.6. The van der Waals surface area contributed by atoms with Crippen molar-refractivity contribution in [2.75, 3.05) is 75.2 Å². The normalized spacial score (nSPS) is 21.9. The number of halogens is 2. The van der Waals surface area contributed by atoms with Crippen LogP contribution in [0, 0.1) is 17.1 Å². The minimum Gasteiger partial charge on any atom is -0.453 e. The summed E-state index contributed by atoms with van der Waals surface area (Å²) >= 11 is 0. The summed E-state index contributed by atoms with van der Waals surface area (Å²) in [6.45, 7) is 7.98. The van der Waals surface area contributed by atoms with Crippen molar-refractivity contribution in [2.24, 2.45) is 0 Å². The summed E-state index contributed by atoms with van der Waals surface area (Å²) in [7, 11) is 0. The van der Waals surface area contributed by atoms with Gasteiger partial charge in [-0.3, -0.25) is 34.0 Å². The van der Waals surface area contributed by atoms with E-state index in [9.17, 15) is 28.8 Å². The van der Waals surface area contributed by atoms with E-state index in [0.717, 1.165) is 76.5 Å². The molecule has 0 bridgehead atoms. The Morgan fingerprint density at radius 2 is 1.64 bits per heavy atom. The number of fused-ring (bicyclic) bond motifs is 2. The number of benzene rings is 3. The van der Waals surface area contributed by atoms with E-state index in [1.807, 2.05) is 18.2 Å². The van der Waals surface area contributed by atoms with Crippen LogP contribution >= 0.6 is 0 Å². The molecule has 306 valence electrons. The monoisotopic (exact) mass is 805 g/mol. The molecule has 6 heterocycles. The lowest BCUT2D eigenvalue weighted by Gasteiger charge is -2.38.